The Morgan fingerprint density at radius 3 is 2.68 bits per heavy atom. The summed E-state index contributed by atoms with van der Waals surface area (Å²) in [6.45, 7) is 2.59. The van der Waals surface area contributed by atoms with Gasteiger partial charge in [-0.25, -0.2) is 9.59 Å². The maximum Gasteiger partial charge on any atom is 0.407 e. The summed E-state index contributed by atoms with van der Waals surface area (Å²) in [4.78, 5) is 36.6. The van der Waals surface area contributed by atoms with Gasteiger partial charge in [-0.05, 0) is 13.3 Å². The predicted octanol–water partition coefficient (Wildman–Crippen LogP) is -0.0568. The molecule has 0 radical (unpaired) electrons. The van der Waals surface area contributed by atoms with Crippen molar-refractivity contribution in [2.45, 2.75) is 19.4 Å². The summed E-state index contributed by atoms with van der Waals surface area (Å²) in [5, 5.41) is 11.3. The van der Waals surface area contributed by atoms with Crippen molar-refractivity contribution < 1.29 is 24.2 Å². The van der Waals surface area contributed by atoms with Crippen molar-refractivity contribution >= 4 is 18.1 Å². The summed E-state index contributed by atoms with van der Waals surface area (Å²) in [5.74, 6) is -1.04. The average molecular weight is 273 g/mol. The van der Waals surface area contributed by atoms with Crippen molar-refractivity contribution in [3.8, 4) is 0 Å². The van der Waals surface area contributed by atoms with Gasteiger partial charge in [-0.15, -0.1) is 0 Å². The number of amides is 3. The molecule has 19 heavy (non-hydrogen) atoms. The number of hydrogen-bond donors (Lipinski definition) is 2. The van der Waals surface area contributed by atoms with Crippen LogP contribution in [0.3, 0.4) is 0 Å². The molecular formula is C11H19N3O5. The number of urea groups is 1. The SMILES string of the molecule is CCN(CC(=O)O)C(=O)N1CCC(NC(=O)OC)C1. The number of likely N-dealkylation sites (tertiary alicyclic amines) is 1. The highest BCUT2D eigenvalue weighted by Crippen LogP contribution is 2.12. The Kier molecular flexibility index (Phi) is 5.40. The second-order valence-electron chi connectivity index (χ2n) is 4.26. The van der Waals surface area contributed by atoms with E-state index in [0.29, 0.717) is 26.1 Å². The van der Waals surface area contributed by atoms with Gasteiger partial charge in [0.1, 0.15) is 6.54 Å². The lowest BCUT2D eigenvalue weighted by Crippen LogP contribution is -2.45. The first-order chi connectivity index (χ1) is 8.97. The van der Waals surface area contributed by atoms with Crippen LogP contribution in [0.4, 0.5) is 9.59 Å². The predicted molar refractivity (Wildman–Crippen MR) is 65.8 cm³/mol. The number of nitrogens with zero attached hydrogens (tertiary/aromatic N) is 2. The summed E-state index contributed by atoms with van der Waals surface area (Å²) in [7, 11) is 1.28. The number of nitrogens with one attached hydrogen (secondary N) is 1. The van der Waals surface area contributed by atoms with Crippen LogP contribution in [-0.2, 0) is 9.53 Å². The second-order valence-corrected chi connectivity index (χ2v) is 4.26. The van der Waals surface area contributed by atoms with Gasteiger partial charge in [0.25, 0.3) is 0 Å². The number of rotatable bonds is 4. The van der Waals surface area contributed by atoms with Crippen LogP contribution >= 0.6 is 0 Å². The number of carboxylic acids is 1. The van der Waals surface area contributed by atoms with Crippen molar-refractivity contribution in [1.29, 1.82) is 0 Å². The molecule has 1 atom stereocenters. The molecule has 2 N–H and O–H groups in total. The van der Waals surface area contributed by atoms with Crippen LogP contribution < -0.4 is 5.32 Å². The summed E-state index contributed by atoms with van der Waals surface area (Å²) in [5.41, 5.74) is 0. The van der Waals surface area contributed by atoms with Crippen LogP contribution in [-0.4, -0.2) is 72.3 Å². The van der Waals surface area contributed by atoms with E-state index in [1.165, 1.54) is 16.9 Å². The minimum Gasteiger partial charge on any atom is -0.480 e. The molecule has 0 bridgehead atoms. The van der Waals surface area contributed by atoms with Crippen LogP contribution in [0, 0.1) is 0 Å². The van der Waals surface area contributed by atoms with Crippen LogP contribution in [0.5, 0.6) is 0 Å². The van der Waals surface area contributed by atoms with E-state index in [9.17, 15) is 14.4 Å². The third-order valence-electron chi connectivity index (χ3n) is 2.94. The van der Waals surface area contributed by atoms with E-state index in [1.54, 1.807) is 6.92 Å². The average Bonchev–Trinajstić information content (AvgIpc) is 2.83. The van der Waals surface area contributed by atoms with Crippen molar-refractivity contribution in [1.82, 2.24) is 15.1 Å². The maximum absolute atomic E-state index is 12.1. The Balaban J connectivity index is 2.50. The van der Waals surface area contributed by atoms with Crippen LogP contribution in [0.25, 0.3) is 0 Å². The molecule has 0 saturated carbocycles. The zero-order valence-corrected chi connectivity index (χ0v) is 11.1. The summed E-state index contributed by atoms with van der Waals surface area (Å²) < 4.78 is 4.49. The van der Waals surface area contributed by atoms with Gasteiger partial charge in [-0.1, -0.05) is 0 Å². The molecule has 1 heterocycles. The van der Waals surface area contributed by atoms with E-state index < -0.39 is 12.1 Å². The summed E-state index contributed by atoms with van der Waals surface area (Å²) in [6.07, 6.45) is 0.100. The van der Waals surface area contributed by atoms with Gasteiger partial charge < -0.3 is 25.0 Å². The summed E-state index contributed by atoms with van der Waals surface area (Å²) in [6, 6.07) is -0.473. The van der Waals surface area contributed by atoms with Gasteiger partial charge in [0.15, 0.2) is 0 Å². The second kappa shape index (κ2) is 6.81. The van der Waals surface area contributed by atoms with E-state index in [4.69, 9.17) is 5.11 Å². The number of carbonyl (C=O) groups is 3. The fraction of sp³-hybridized carbons (Fsp3) is 0.727. The van der Waals surface area contributed by atoms with Gasteiger partial charge in [0.05, 0.1) is 13.2 Å². The zero-order valence-electron chi connectivity index (χ0n) is 11.1. The molecule has 1 fully saturated rings. The van der Waals surface area contributed by atoms with Crippen LogP contribution in [0.2, 0.25) is 0 Å². The van der Waals surface area contributed by atoms with E-state index in [2.05, 4.69) is 10.1 Å². The molecule has 0 aromatic carbocycles. The number of ether oxygens (including phenoxy) is 1. The van der Waals surface area contributed by atoms with Gasteiger partial charge in [-0.2, -0.15) is 0 Å². The first kappa shape index (κ1) is 15.1. The standard InChI is InChI=1S/C11H19N3O5/c1-3-13(7-9(15)16)11(18)14-5-4-8(6-14)12-10(17)19-2/h8H,3-7H2,1-2H3,(H,12,17)(H,15,16). The number of methoxy groups -OCH3 is 1. The fourth-order valence-corrected chi connectivity index (χ4v) is 1.96. The molecule has 1 unspecified atom stereocenters. The Labute approximate surface area is 111 Å². The normalized spacial score (nSPS) is 18.0. The topological polar surface area (TPSA) is 99.2 Å². The van der Waals surface area contributed by atoms with Crippen LogP contribution in [0.15, 0.2) is 0 Å². The zero-order chi connectivity index (χ0) is 14.4. The Morgan fingerprint density at radius 2 is 2.16 bits per heavy atom. The molecule has 1 saturated heterocycles. The lowest BCUT2D eigenvalue weighted by molar-refractivity contribution is -0.137. The van der Waals surface area contributed by atoms with Gasteiger partial charge in [-0.3, -0.25) is 4.79 Å². The first-order valence-corrected chi connectivity index (χ1v) is 6.08. The number of aliphatic carboxylic acids is 1. The molecular weight excluding hydrogens is 254 g/mol. The molecule has 0 aromatic rings. The van der Waals surface area contributed by atoms with Crippen LogP contribution in [0.1, 0.15) is 13.3 Å². The Hall–Kier alpha value is -1.99. The number of likely N-dealkylation sites (N-methyl/N-ethyl adjacent to an activating group) is 1. The highest BCUT2D eigenvalue weighted by Gasteiger charge is 2.30. The van der Waals surface area contributed by atoms with E-state index in [-0.39, 0.29) is 18.6 Å². The molecule has 0 aromatic heterocycles. The highest BCUT2D eigenvalue weighted by molar-refractivity contribution is 5.80. The Bertz CT molecular complexity index is 360. The molecule has 1 aliphatic rings. The molecule has 1 aliphatic heterocycles. The highest BCUT2D eigenvalue weighted by atomic mass is 16.5. The molecule has 3 amide bonds. The number of alkyl carbamates (subject to hydrolysis) is 1. The number of carbonyl (C=O) groups excluding carboxylic acids is 2. The fourth-order valence-electron chi connectivity index (χ4n) is 1.96. The quantitative estimate of drug-likeness (QED) is 0.747. The smallest absolute Gasteiger partial charge is 0.407 e. The van der Waals surface area contributed by atoms with Crippen molar-refractivity contribution in [3.63, 3.8) is 0 Å². The van der Waals surface area contributed by atoms with E-state index >= 15 is 0 Å². The number of carboxylic acid groups (broad SMARTS) is 1. The number of hydrogen-bond acceptors (Lipinski definition) is 4. The third kappa shape index (κ3) is 4.31. The van der Waals surface area contributed by atoms with E-state index in [1.807, 2.05) is 0 Å². The van der Waals surface area contributed by atoms with Gasteiger partial charge >= 0.3 is 18.1 Å². The van der Waals surface area contributed by atoms with Crippen molar-refractivity contribution in [2.24, 2.45) is 0 Å². The first-order valence-electron chi connectivity index (χ1n) is 6.08. The molecule has 108 valence electrons. The maximum atomic E-state index is 12.1. The molecule has 8 nitrogen and oxygen atoms in total. The largest absolute Gasteiger partial charge is 0.480 e. The lowest BCUT2D eigenvalue weighted by atomic mass is 10.3. The van der Waals surface area contributed by atoms with Gasteiger partial charge in [0.2, 0.25) is 0 Å². The minimum atomic E-state index is -1.04. The monoisotopic (exact) mass is 273 g/mol. The Morgan fingerprint density at radius 1 is 1.47 bits per heavy atom. The minimum absolute atomic E-state index is 0.153. The molecule has 1 rings (SSSR count). The van der Waals surface area contributed by atoms with Crippen molar-refractivity contribution in [2.75, 3.05) is 33.3 Å². The lowest BCUT2D eigenvalue weighted by Gasteiger charge is -2.25. The van der Waals surface area contributed by atoms with E-state index in [0.717, 1.165) is 0 Å². The van der Waals surface area contributed by atoms with Crippen molar-refractivity contribution in [3.05, 3.63) is 0 Å². The molecule has 0 aliphatic carbocycles. The summed E-state index contributed by atoms with van der Waals surface area (Å²) >= 11 is 0. The third-order valence-corrected chi connectivity index (χ3v) is 2.94. The molecule has 8 heteroatoms. The molecule has 0 spiro atoms. The van der Waals surface area contributed by atoms with Gasteiger partial charge in [0, 0.05) is 19.6 Å².